The lowest BCUT2D eigenvalue weighted by Gasteiger charge is -2.04. The smallest absolute Gasteiger partial charge is 0.350 e. The van der Waals surface area contributed by atoms with Gasteiger partial charge in [-0.2, -0.15) is 9.90 Å². The summed E-state index contributed by atoms with van der Waals surface area (Å²) in [5, 5.41) is 13.4. The number of carbonyl (C=O) groups excluding carboxylic acids is 2. The van der Waals surface area contributed by atoms with Crippen molar-refractivity contribution in [3.8, 4) is 5.69 Å². The highest BCUT2D eigenvalue weighted by molar-refractivity contribution is 7.12. The molecule has 2 aromatic heterocycles. The Morgan fingerprint density at radius 1 is 1.28 bits per heavy atom. The van der Waals surface area contributed by atoms with Crippen LogP contribution in [-0.4, -0.2) is 34.0 Å². The molecule has 3 rings (SSSR count). The van der Waals surface area contributed by atoms with Crippen molar-refractivity contribution >= 4 is 40.5 Å². The molecule has 25 heavy (non-hydrogen) atoms. The molecule has 0 saturated carbocycles. The minimum Gasteiger partial charge on any atom is -0.465 e. The molecule has 3 aromatic rings. The lowest BCUT2D eigenvalue weighted by molar-refractivity contribution is 0.0607. The summed E-state index contributed by atoms with van der Waals surface area (Å²) < 4.78 is 4.70. The van der Waals surface area contributed by atoms with Gasteiger partial charge in [0.1, 0.15) is 4.88 Å². The third-order valence-electron chi connectivity index (χ3n) is 3.32. The SMILES string of the molecule is COC(=O)c1sccc1NC(=O)c1nn(-c2cccc(Cl)c2)nc1C. The summed E-state index contributed by atoms with van der Waals surface area (Å²) in [5.41, 5.74) is 1.62. The first kappa shape index (κ1) is 17.1. The summed E-state index contributed by atoms with van der Waals surface area (Å²) >= 11 is 7.15. The quantitative estimate of drug-likeness (QED) is 0.706. The number of ether oxygens (including phenoxy) is 1. The van der Waals surface area contributed by atoms with Crippen LogP contribution in [0.5, 0.6) is 0 Å². The highest BCUT2D eigenvalue weighted by atomic mass is 35.5. The van der Waals surface area contributed by atoms with Gasteiger partial charge in [0.05, 0.1) is 24.2 Å². The average molecular weight is 377 g/mol. The molecule has 0 atom stereocenters. The highest BCUT2D eigenvalue weighted by Crippen LogP contribution is 2.24. The Morgan fingerprint density at radius 2 is 2.08 bits per heavy atom. The van der Waals surface area contributed by atoms with E-state index in [4.69, 9.17) is 16.3 Å². The number of amides is 1. The summed E-state index contributed by atoms with van der Waals surface area (Å²) in [4.78, 5) is 25.9. The third kappa shape index (κ3) is 3.54. The van der Waals surface area contributed by atoms with Crippen LogP contribution in [0.1, 0.15) is 25.9 Å². The fourth-order valence-corrected chi connectivity index (χ4v) is 3.09. The second-order valence-electron chi connectivity index (χ2n) is 5.01. The van der Waals surface area contributed by atoms with Crippen LogP contribution in [0.25, 0.3) is 5.69 Å². The molecule has 0 fully saturated rings. The third-order valence-corrected chi connectivity index (χ3v) is 4.45. The Hall–Kier alpha value is -2.71. The molecule has 1 aromatic carbocycles. The van der Waals surface area contributed by atoms with Crippen molar-refractivity contribution in [2.24, 2.45) is 0 Å². The van der Waals surface area contributed by atoms with Crippen LogP contribution in [0.2, 0.25) is 5.02 Å². The number of hydrogen-bond acceptors (Lipinski definition) is 6. The van der Waals surface area contributed by atoms with E-state index in [0.29, 0.717) is 27.0 Å². The molecular formula is C16H13ClN4O3S. The van der Waals surface area contributed by atoms with Gasteiger partial charge in [0, 0.05) is 5.02 Å². The van der Waals surface area contributed by atoms with E-state index in [2.05, 4.69) is 15.5 Å². The van der Waals surface area contributed by atoms with Crippen molar-refractivity contribution in [1.82, 2.24) is 15.0 Å². The molecule has 0 unspecified atom stereocenters. The number of halogens is 1. The number of esters is 1. The number of nitrogens with zero attached hydrogens (tertiary/aromatic N) is 3. The predicted octanol–water partition coefficient (Wildman–Crippen LogP) is 3.33. The van der Waals surface area contributed by atoms with Crippen molar-refractivity contribution in [1.29, 1.82) is 0 Å². The number of nitrogens with one attached hydrogen (secondary N) is 1. The van der Waals surface area contributed by atoms with Gasteiger partial charge in [-0.25, -0.2) is 4.79 Å². The Labute approximate surface area is 152 Å². The van der Waals surface area contributed by atoms with Crippen molar-refractivity contribution in [2.75, 3.05) is 12.4 Å². The van der Waals surface area contributed by atoms with E-state index in [1.54, 1.807) is 42.6 Å². The van der Waals surface area contributed by atoms with Gasteiger partial charge in [0.25, 0.3) is 5.91 Å². The highest BCUT2D eigenvalue weighted by Gasteiger charge is 2.20. The van der Waals surface area contributed by atoms with Crippen LogP contribution in [0.15, 0.2) is 35.7 Å². The molecule has 0 aliphatic rings. The van der Waals surface area contributed by atoms with Crippen molar-refractivity contribution in [2.45, 2.75) is 6.92 Å². The van der Waals surface area contributed by atoms with Crippen LogP contribution in [-0.2, 0) is 4.74 Å². The van der Waals surface area contributed by atoms with Crippen LogP contribution >= 0.6 is 22.9 Å². The van der Waals surface area contributed by atoms with Gasteiger partial charge in [-0.15, -0.1) is 16.4 Å². The second kappa shape index (κ2) is 7.04. The molecule has 1 amide bonds. The molecule has 1 N–H and O–H groups in total. The fourth-order valence-electron chi connectivity index (χ4n) is 2.14. The minimum absolute atomic E-state index is 0.155. The lowest BCUT2D eigenvalue weighted by atomic mass is 10.3. The Morgan fingerprint density at radius 3 is 2.80 bits per heavy atom. The maximum absolute atomic E-state index is 12.5. The number of thiophene rings is 1. The summed E-state index contributed by atoms with van der Waals surface area (Å²) in [7, 11) is 1.29. The number of hydrogen-bond donors (Lipinski definition) is 1. The zero-order chi connectivity index (χ0) is 18.0. The molecule has 2 heterocycles. The minimum atomic E-state index is -0.510. The normalized spacial score (nSPS) is 10.5. The van der Waals surface area contributed by atoms with Gasteiger partial charge >= 0.3 is 5.97 Å². The molecule has 0 aliphatic carbocycles. The number of aryl methyl sites for hydroxylation is 1. The Bertz CT molecular complexity index is 951. The number of anilines is 1. The second-order valence-corrected chi connectivity index (χ2v) is 6.36. The Kier molecular flexibility index (Phi) is 4.82. The van der Waals surface area contributed by atoms with E-state index in [0.717, 1.165) is 0 Å². The molecule has 0 saturated heterocycles. The standard InChI is InChI=1S/C16H13ClN4O3S/c1-9-13(20-21(19-9)11-5-3-4-10(17)8-11)15(22)18-12-6-7-25-14(12)16(23)24-2/h3-8H,1-2H3,(H,18,22). The van der Waals surface area contributed by atoms with Crippen molar-refractivity contribution < 1.29 is 14.3 Å². The number of rotatable bonds is 4. The fraction of sp³-hybridized carbons (Fsp3) is 0.125. The molecule has 9 heteroatoms. The van der Waals surface area contributed by atoms with Gasteiger partial charge < -0.3 is 10.1 Å². The van der Waals surface area contributed by atoms with Gasteiger partial charge in [-0.3, -0.25) is 4.79 Å². The van der Waals surface area contributed by atoms with E-state index in [1.165, 1.54) is 23.2 Å². The van der Waals surface area contributed by atoms with Crippen LogP contribution in [0.4, 0.5) is 5.69 Å². The van der Waals surface area contributed by atoms with Gasteiger partial charge in [0.15, 0.2) is 5.69 Å². The lowest BCUT2D eigenvalue weighted by Crippen LogP contribution is -2.16. The molecule has 7 nitrogen and oxygen atoms in total. The first-order chi connectivity index (χ1) is 12.0. The monoisotopic (exact) mass is 376 g/mol. The number of methoxy groups -OCH3 is 1. The van der Waals surface area contributed by atoms with E-state index < -0.39 is 11.9 Å². The molecule has 128 valence electrons. The Balaban J connectivity index is 1.86. The van der Waals surface area contributed by atoms with E-state index in [1.807, 2.05) is 0 Å². The van der Waals surface area contributed by atoms with Crippen LogP contribution in [0, 0.1) is 6.92 Å². The van der Waals surface area contributed by atoms with E-state index >= 15 is 0 Å². The molecule has 0 bridgehead atoms. The number of carbonyl (C=O) groups is 2. The van der Waals surface area contributed by atoms with Gasteiger partial charge in [-0.1, -0.05) is 17.7 Å². The molecule has 0 spiro atoms. The predicted molar refractivity (Wildman–Crippen MR) is 94.7 cm³/mol. The zero-order valence-corrected chi connectivity index (χ0v) is 14.9. The zero-order valence-electron chi connectivity index (χ0n) is 13.3. The topological polar surface area (TPSA) is 86.1 Å². The van der Waals surface area contributed by atoms with Crippen LogP contribution < -0.4 is 5.32 Å². The first-order valence-electron chi connectivity index (χ1n) is 7.16. The molecular weight excluding hydrogens is 364 g/mol. The van der Waals surface area contributed by atoms with E-state index in [9.17, 15) is 9.59 Å². The summed E-state index contributed by atoms with van der Waals surface area (Å²) in [5.74, 6) is -0.973. The van der Waals surface area contributed by atoms with Gasteiger partial charge in [-0.05, 0) is 36.6 Å². The van der Waals surface area contributed by atoms with Crippen LogP contribution in [0.3, 0.4) is 0 Å². The molecule has 0 aliphatic heterocycles. The summed E-state index contributed by atoms with van der Waals surface area (Å²) in [6.45, 7) is 1.68. The van der Waals surface area contributed by atoms with Crippen molar-refractivity contribution in [3.63, 3.8) is 0 Å². The maximum atomic E-state index is 12.5. The van der Waals surface area contributed by atoms with E-state index in [-0.39, 0.29) is 5.69 Å². The van der Waals surface area contributed by atoms with Gasteiger partial charge in [0.2, 0.25) is 0 Å². The van der Waals surface area contributed by atoms with Crippen molar-refractivity contribution in [3.05, 3.63) is 57.0 Å². The largest absolute Gasteiger partial charge is 0.465 e. The summed E-state index contributed by atoms with van der Waals surface area (Å²) in [6.07, 6.45) is 0. The molecule has 0 radical (unpaired) electrons. The summed E-state index contributed by atoms with van der Waals surface area (Å²) in [6, 6.07) is 8.60. The average Bonchev–Trinajstić information content (AvgIpc) is 3.20. The first-order valence-corrected chi connectivity index (χ1v) is 8.42. The maximum Gasteiger partial charge on any atom is 0.350 e. The number of benzene rings is 1. The number of aromatic nitrogens is 3.